The Hall–Kier alpha value is -3.20. The molecule has 136 valence electrons. The third-order valence-corrected chi connectivity index (χ3v) is 3.82. The van der Waals surface area contributed by atoms with E-state index in [-0.39, 0.29) is 11.6 Å². The van der Waals surface area contributed by atoms with Crippen LogP contribution >= 0.6 is 0 Å². The first-order chi connectivity index (χ1) is 12.4. The number of hydrogen-bond donors (Lipinski definition) is 3. The monoisotopic (exact) mass is 356 g/mol. The zero-order valence-corrected chi connectivity index (χ0v) is 15.0. The van der Waals surface area contributed by atoms with Crippen molar-refractivity contribution in [1.29, 1.82) is 0 Å². The molecule has 2 aromatic heterocycles. The number of amides is 1. The van der Waals surface area contributed by atoms with Crippen LogP contribution in [0.2, 0.25) is 0 Å². The van der Waals surface area contributed by atoms with Gasteiger partial charge in [-0.2, -0.15) is 10.2 Å². The third kappa shape index (κ3) is 3.29. The van der Waals surface area contributed by atoms with Crippen LogP contribution in [0.25, 0.3) is 10.8 Å². The van der Waals surface area contributed by atoms with Crippen LogP contribution in [-0.4, -0.2) is 33.0 Å². The van der Waals surface area contributed by atoms with Gasteiger partial charge in [0, 0.05) is 22.7 Å². The van der Waals surface area contributed by atoms with Gasteiger partial charge in [-0.25, -0.2) is 10.2 Å². The van der Waals surface area contributed by atoms with Crippen LogP contribution in [0.4, 0.5) is 11.6 Å². The molecule has 0 aliphatic heterocycles. The van der Waals surface area contributed by atoms with Gasteiger partial charge in [0.1, 0.15) is 0 Å². The molecular weight excluding hydrogens is 336 g/mol. The van der Waals surface area contributed by atoms with Gasteiger partial charge in [-0.05, 0) is 39.0 Å². The summed E-state index contributed by atoms with van der Waals surface area (Å²) >= 11 is 0. The highest BCUT2D eigenvalue weighted by Gasteiger charge is 2.16. The molecule has 1 amide bonds. The van der Waals surface area contributed by atoms with E-state index in [2.05, 4.69) is 30.9 Å². The van der Waals surface area contributed by atoms with Crippen molar-refractivity contribution in [3.8, 4) is 0 Å². The lowest BCUT2D eigenvalue weighted by Gasteiger charge is -2.14. The van der Waals surface area contributed by atoms with Crippen molar-refractivity contribution in [1.82, 2.24) is 25.5 Å². The minimum Gasteiger partial charge on any atom is -0.321 e. The van der Waals surface area contributed by atoms with Crippen LogP contribution in [0.3, 0.4) is 0 Å². The van der Waals surface area contributed by atoms with Gasteiger partial charge in [-0.3, -0.25) is 19.5 Å². The molecule has 0 atom stereocenters. The number of H-pyrrole nitrogens is 1. The topological polar surface area (TPSA) is 114 Å². The maximum atomic E-state index is 12.7. The van der Waals surface area contributed by atoms with E-state index in [1.807, 2.05) is 26.8 Å². The SMILES string of the molecule is CONC(=O)c1ccc2c(=O)n(C(C)C)nc(Nc3cc(C)[nH]n3)c2c1. The van der Waals surface area contributed by atoms with E-state index in [0.717, 1.165) is 5.69 Å². The Balaban J connectivity index is 2.20. The van der Waals surface area contributed by atoms with Crippen LogP contribution < -0.4 is 16.4 Å². The van der Waals surface area contributed by atoms with Gasteiger partial charge in [0.05, 0.1) is 18.5 Å². The molecule has 0 aliphatic carbocycles. The number of benzene rings is 1. The van der Waals surface area contributed by atoms with E-state index < -0.39 is 5.91 Å². The maximum Gasteiger partial charge on any atom is 0.275 e. The van der Waals surface area contributed by atoms with Gasteiger partial charge in [0.2, 0.25) is 0 Å². The van der Waals surface area contributed by atoms with E-state index in [4.69, 9.17) is 0 Å². The van der Waals surface area contributed by atoms with E-state index in [9.17, 15) is 9.59 Å². The number of aromatic nitrogens is 4. The van der Waals surface area contributed by atoms with Gasteiger partial charge < -0.3 is 5.32 Å². The van der Waals surface area contributed by atoms with Gasteiger partial charge in [0.15, 0.2) is 11.6 Å². The first kappa shape index (κ1) is 17.6. The summed E-state index contributed by atoms with van der Waals surface area (Å²) in [7, 11) is 1.36. The average Bonchev–Trinajstić information content (AvgIpc) is 3.01. The first-order valence-electron chi connectivity index (χ1n) is 8.09. The second-order valence-corrected chi connectivity index (χ2v) is 6.15. The molecule has 3 rings (SSSR count). The Labute approximate surface area is 149 Å². The van der Waals surface area contributed by atoms with E-state index in [0.29, 0.717) is 28.0 Å². The van der Waals surface area contributed by atoms with Crippen molar-refractivity contribution < 1.29 is 9.63 Å². The van der Waals surface area contributed by atoms with Crippen LogP contribution in [0.5, 0.6) is 0 Å². The number of hydroxylamine groups is 1. The van der Waals surface area contributed by atoms with Crippen molar-refractivity contribution in [2.75, 3.05) is 12.4 Å². The lowest BCUT2D eigenvalue weighted by Crippen LogP contribution is -2.26. The normalized spacial score (nSPS) is 11.1. The predicted octanol–water partition coefficient (Wildman–Crippen LogP) is 2.04. The van der Waals surface area contributed by atoms with Crippen molar-refractivity contribution in [2.24, 2.45) is 0 Å². The average molecular weight is 356 g/mol. The molecule has 0 spiro atoms. The van der Waals surface area contributed by atoms with Crippen LogP contribution in [0, 0.1) is 6.92 Å². The highest BCUT2D eigenvalue weighted by molar-refractivity contribution is 6.01. The number of rotatable bonds is 5. The number of hydrogen-bond acceptors (Lipinski definition) is 6. The summed E-state index contributed by atoms with van der Waals surface area (Å²) in [6, 6.07) is 6.49. The molecule has 0 aliphatic rings. The standard InChI is InChI=1S/C17H20N6O3/c1-9(2)23-17(25)12-6-5-11(16(24)22-26-4)8-13(12)15(21-23)18-14-7-10(3)19-20-14/h5-9H,1-4H3,(H,22,24)(H2,18,19,20,21). The molecule has 2 heterocycles. The third-order valence-electron chi connectivity index (χ3n) is 3.82. The number of anilines is 2. The van der Waals surface area contributed by atoms with Crippen LogP contribution in [0.1, 0.15) is 35.9 Å². The summed E-state index contributed by atoms with van der Waals surface area (Å²) in [5, 5.41) is 15.5. The molecule has 3 N–H and O–H groups in total. The second-order valence-electron chi connectivity index (χ2n) is 6.15. The second kappa shape index (κ2) is 6.96. The summed E-state index contributed by atoms with van der Waals surface area (Å²) in [5.41, 5.74) is 3.27. The highest BCUT2D eigenvalue weighted by Crippen LogP contribution is 2.24. The molecule has 9 heteroatoms. The van der Waals surface area contributed by atoms with Crippen molar-refractivity contribution in [3.05, 3.63) is 45.9 Å². The Bertz CT molecular complexity index is 1020. The van der Waals surface area contributed by atoms with E-state index >= 15 is 0 Å². The molecule has 0 fully saturated rings. The Kier molecular flexibility index (Phi) is 4.72. The van der Waals surface area contributed by atoms with E-state index in [1.165, 1.54) is 11.8 Å². The molecule has 1 aromatic carbocycles. The molecule has 0 unspecified atom stereocenters. The molecule has 0 radical (unpaired) electrons. The van der Waals surface area contributed by atoms with Crippen LogP contribution in [0.15, 0.2) is 29.1 Å². The highest BCUT2D eigenvalue weighted by atomic mass is 16.6. The lowest BCUT2D eigenvalue weighted by atomic mass is 10.1. The summed E-state index contributed by atoms with van der Waals surface area (Å²) < 4.78 is 1.40. The molecule has 9 nitrogen and oxygen atoms in total. The fourth-order valence-corrected chi connectivity index (χ4v) is 2.60. The van der Waals surface area contributed by atoms with Gasteiger partial charge in [-0.1, -0.05) is 0 Å². The van der Waals surface area contributed by atoms with E-state index in [1.54, 1.807) is 18.2 Å². The number of carbonyl (C=O) groups is 1. The minimum absolute atomic E-state index is 0.121. The maximum absolute atomic E-state index is 12.7. The zero-order valence-electron chi connectivity index (χ0n) is 15.0. The number of aryl methyl sites for hydroxylation is 1. The van der Waals surface area contributed by atoms with Gasteiger partial charge in [-0.15, -0.1) is 0 Å². The van der Waals surface area contributed by atoms with Gasteiger partial charge in [0.25, 0.3) is 11.5 Å². The van der Waals surface area contributed by atoms with Crippen LogP contribution in [-0.2, 0) is 4.84 Å². The molecule has 0 bridgehead atoms. The Morgan fingerprint density at radius 1 is 1.27 bits per heavy atom. The fraction of sp³-hybridized carbons (Fsp3) is 0.294. The van der Waals surface area contributed by atoms with Crippen molar-refractivity contribution in [3.63, 3.8) is 0 Å². The summed E-state index contributed by atoms with van der Waals surface area (Å²) in [4.78, 5) is 29.4. The quantitative estimate of drug-likeness (QED) is 0.603. The smallest absolute Gasteiger partial charge is 0.275 e. The predicted molar refractivity (Wildman–Crippen MR) is 97.5 cm³/mol. The van der Waals surface area contributed by atoms with Crippen molar-refractivity contribution in [2.45, 2.75) is 26.8 Å². The van der Waals surface area contributed by atoms with Crippen molar-refractivity contribution >= 4 is 28.3 Å². The molecular formula is C17H20N6O3. The largest absolute Gasteiger partial charge is 0.321 e. The zero-order chi connectivity index (χ0) is 18.8. The lowest BCUT2D eigenvalue weighted by molar-refractivity contribution is 0.0538. The first-order valence-corrected chi connectivity index (χ1v) is 8.09. The Morgan fingerprint density at radius 3 is 2.65 bits per heavy atom. The number of carbonyl (C=O) groups excluding carboxylic acids is 1. The van der Waals surface area contributed by atoms with Gasteiger partial charge >= 0.3 is 0 Å². The number of nitrogens with zero attached hydrogens (tertiary/aromatic N) is 3. The number of nitrogens with one attached hydrogen (secondary N) is 3. The minimum atomic E-state index is -0.413. The fourth-order valence-electron chi connectivity index (χ4n) is 2.60. The molecule has 0 saturated heterocycles. The summed E-state index contributed by atoms with van der Waals surface area (Å²) in [6.07, 6.45) is 0. The summed E-state index contributed by atoms with van der Waals surface area (Å²) in [6.45, 7) is 5.64. The molecule has 26 heavy (non-hydrogen) atoms. The summed E-state index contributed by atoms with van der Waals surface area (Å²) in [5.74, 6) is 0.591. The Morgan fingerprint density at radius 2 is 2.04 bits per heavy atom. The molecule has 3 aromatic rings. The molecule has 0 saturated carbocycles. The number of fused-ring (bicyclic) bond motifs is 1. The number of aromatic amines is 1.